The largest absolute Gasteiger partial charge is 0.0843 e. The lowest BCUT2D eigenvalue weighted by Crippen LogP contribution is -2.17. The molecule has 0 nitrogen and oxygen atoms in total. The molecule has 0 spiro atoms. The van der Waals surface area contributed by atoms with Gasteiger partial charge in [0.15, 0.2) is 0 Å². The van der Waals surface area contributed by atoms with E-state index in [9.17, 15) is 0 Å². The summed E-state index contributed by atoms with van der Waals surface area (Å²) in [6.45, 7) is 18.6. The van der Waals surface area contributed by atoms with Crippen LogP contribution in [0.1, 0.15) is 99.9 Å². The third-order valence-corrected chi connectivity index (χ3v) is 13.2. The summed E-state index contributed by atoms with van der Waals surface area (Å²) in [4.78, 5) is 0. The van der Waals surface area contributed by atoms with Gasteiger partial charge >= 0.3 is 0 Å². The maximum Gasteiger partial charge on any atom is 0.0453 e. The zero-order valence-electron chi connectivity index (χ0n) is 30.1. The Balaban J connectivity index is 0.000000135. The number of fused-ring (bicyclic) bond motifs is 12. The Morgan fingerprint density at radius 2 is 0.700 bits per heavy atom. The van der Waals surface area contributed by atoms with Crippen molar-refractivity contribution in [3.63, 3.8) is 0 Å². The molecule has 0 saturated heterocycles. The standard InChI is InChI=1S/2C24H21Cl/c1-23(2)18-10-6-5-8-14(18)16-12-20-17(13-19(16)23)15-9-7-11-21(25)22(15)24(20,3)4;1-23(2)19-8-6-5-7-15(19)17-12-22-18(13-21(17)23)16-11-14(25)9-10-20(16)24(22,3)4/h2*5-13H,1-4H3. The predicted octanol–water partition coefficient (Wildman–Crippen LogP) is 13.9. The predicted molar refractivity (Wildman–Crippen MR) is 213 cm³/mol. The summed E-state index contributed by atoms with van der Waals surface area (Å²) >= 11 is 12.9. The van der Waals surface area contributed by atoms with Gasteiger partial charge in [0.25, 0.3) is 0 Å². The Hall–Kier alpha value is -4.10. The molecular formula is C48H42Cl2. The molecule has 0 aliphatic heterocycles. The molecule has 10 rings (SSSR count). The van der Waals surface area contributed by atoms with E-state index < -0.39 is 0 Å². The van der Waals surface area contributed by atoms with Crippen LogP contribution in [0.3, 0.4) is 0 Å². The van der Waals surface area contributed by atoms with E-state index in [0.717, 1.165) is 10.0 Å². The number of hydrogen-bond donors (Lipinski definition) is 0. The van der Waals surface area contributed by atoms with E-state index in [4.69, 9.17) is 23.2 Å². The highest BCUT2D eigenvalue weighted by Gasteiger charge is 2.43. The van der Waals surface area contributed by atoms with Crippen molar-refractivity contribution in [1.29, 1.82) is 0 Å². The third-order valence-electron chi connectivity index (χ3n) is 12.7. The second-order valence-corrected chi connectivity index (χ2v) is 17.7. The summed E-state index contributed by atoms with van der Waals surface area (Å²) in [6.07, 6.45) is 0. The highest BCUT2D eigenvalue weighted by molar-refractivity contribution is 6.32. The number of hydrogen-bond acceptors (Lipinski definition) is 0. The fourth-order valence-corrected chi connectivity index (χ4v) is 10.5. The van der Waals surface area contributed by atoms with Crippen LogP contribution >= 0.6 is 23.2 Å². The lowest BCUT2D eigenvalue weighted by Gasteiger charge is -2.24. The summed E-state index contributed by atoms with van der Waals surface area (Å²) in [5.41, 5.74) is 22.0. The van der Waals surface area contributed by atoms with Crippen LogP contribution in [0.4, 0.5) is 0 Å². The summed E-state index contributed by atoms with van der Waals surface area (Å²) < 4.78 is 0. The van der Waals surface area contributed by atoms with Crippen molar-refractivity contribution in [3.8, 4) is 44.5 Å². The molecule has 0 unspecified atom stereocenters. The highest BCUT2D eigenvalue weighted by atomic mass is 35.5. The highest BCUT2D eigenvalue weighted by Crippen LogP contribution is 2.58. The van der Waals surface area contributed by atoms with Crippen LogP contribution in [-0.4, -0.2) is 0 Å². The molecule has 0 heterocycles. The Labute approximate surface area is 307 Å². The monoisotopic (exact) mass is 688 g/mol. The second kappa shape index (κ2) is 10.2. The molecule has 0 bridgehead atoms. The Kier molecular flexibility index (Phi) is 6.53. The quantitative estimate of drug-likeness (QED) is 0.149. The molecule has 50 heavy (non-hydrogen) atoms. The van der Waals surface area contributed by atoms with Gasteiger partial charge < -0.3 is 0 Å². The molecule has 6 aromatic rings. The minimum atomic E-state index is -0.0697. The number of benzene rings is 6. The van der Waals surface area contributed by atoms with E-state index in [0.29, 0.717) is 0 Å². The average molecular weight is 690 g/mol. The van der Waals surface area contributed by atoms with E-state index in [-0.39, 0.29) is 21.7 Å². The summed E-state index contributed by atoms with van der Waals surface area (Å²) in [5, 5.41) is 1.68. The first-order valence-corrected chi connectivity index (χ1v) is 18.6. The third kappa shape index (κ3) is 4.07. The molecule has 0 fully saturated rings. The molecule has 0 atom stereocenters. The van der Waals surface area contributed by atoms with Gasteiger partial charge in [-0.2, -0.15) is 0 Å². The minimum Gasteiger partial charge on any atom is -0.0843 e. The molecule has 0 saturated carbocycles. The van der Waals surface area contributed by atoms with Gasteiger partial charge in [0, 0.05) is 31.7 Å². The average Bonchev–Trinajstić information content (AvgIpc) is 3.64. The summed E-state index contributed by atoms with van der Waals surface area (Å²) in [5.74, 6) is 0. The van der Waals surface area contributed by atoms with Crippen LogP contribution in [0.15, 0.2) is 109 Å². The summed E-state index contributed by atoms with van der Waals surface area (Å²) in [7, 11) is 0. The molecule has 0 aromatic heterocycles. The van der Waals surface area contributed by atoms with Gasteiger partial charge in [0.1, 0.15) is 0 Å². The van der Waals surface area contributed by atoms with Crippen LogP contribution in [0.5, 0.6) is 0 Å². The molecule has 0 amide bonds. The lowest BCUT2D eigenvalue weighted by molar-refractivity contribution is 0.652. The van der Waals surface area contributed by atoms with Crippen molar-refractivity contribution in [2.75, 3.05) is 0 Å². The summed E-state index contributed by atoms with van der Waals surface area (Å²) in [6, 6.07) is 40.0. The Morgan fingerprint density at radius 1 is 0.320 bits per heavy atom. The number of halogens is 2. The SMILES string of the molecule is CC1(C)c2ccccc2-c2cc3c(cc21)-c1cc(Cl)ccc1C3(C)C.CC1(C)c2ccccc2-c2cc3c(cc21)-c1cccc(Cl)c1C3(C)C. The molecule has 4 aliphatic rings. The van der Waals surface area contributed by atoms with E-state index in [1.807, 2.05) is 12.1 Å². The van der Waals surface area contributed by atoms with Gasteiger partial charge in [0.05, 0.1) is 0 Å². The zero-order valence-corrected chi connectivity index (χ0v) is 31.7. The topological polar surface area (TPSA) is 0 Å². The molecule has 6 aromatic carbocycles. The van der Waals surface area contributed by atoms with Crippen LogP contribution in [0.2, 0.25) is 10.0 Å². The van der Waals surface area contributed by atoms with E-state index in [1.165, 1.54) is 89.0 Å². The first-order valence-electron chi connectivity index (χ1n) is 17.8. The van der Waals surface area contributed by atoms with Gasteiger partial charge in [0.2, 0.25) is 0 Å². The first kappa shape index (κ1) is 31.9. The molecule has 0 radical (unpaired) electrons. The van der Waals surface area contributed by atoms with E-state index >= 15 is 0 Å². The van der Waals surface area contributed by atoms with Crippen LogP contribution in [0.25, 0.3) is 44.5 Å². The van der Waals surface area contributed by atoms with Gasteiger partial charge in [-0.25, -0.2) is 0 Å². The molecule has 0 N–H and O–H groups in total. The first-order chi connectivity index (χ1) is 23.6. The van der Waals surface area contributed by atoms with E-state index in [1.54, 1.807) is 0 Å². The van der Waals surface area contributed by atoms with Crippen LogP contribution in [0, 0.1) is 0 Å². The Morgan fingerprint density at radius 3 is 1.22 bits per heavy atom. The molecular weight excluding hydrogens is 647 g/mol. The molecule has 248 valence electrons. The van der Waals surface area contributed by atoms with Gasteiger partial charge in [-0.15, -0.1) is 0 Å². The molecule has 2 heteroatoms. The normalized spacial score (nSPS) is 17.6. The van der Waals surface area contributed by atoms with Crippen molar-refractivity contribution in [3.05, 3.63) is 164 Å². The van der Waals surface area contributed by atoms with Crippen molar-refractivity contribution in [1.82, 2.24) is 0 Å². The number of rotatable bonds is 0. The fourth-order valence-electron chi connectivity index (χ4n) is 9.92. The van der Waals surface area contributed by atoms with Crippen LogP contribution in [-0.2, 0) is 21.7 Å². The van der Waals surface area contributed by atoms with Crippen molar-refractivity contribution in [2.45, 2.75) is 77.0 Å². The van der Waals surface area contributed by atoms with Crippen molar-refractivity contribution >= 4 is 23.2 Å². The van der Waals surface area contributed by atoms with Crippen molar-refractivity contribution in [2.24, 2.45) is 0 Å². The van der Waals surface area contributed by atoms with Gasteiger partial charge in [-0.1, -0.05) is 145 Å². The van der Waals surface area contributed by atoms with Crippen molar-refractivity contribution < 1.29 is 0 Å². The maximum atomic E-state index is 6.61. The Bertz CT molecular complexity index is 2420. The second-order valence-electron chi connectivity index (χ2n) is 16.8. The zero-order chi connectivity index (χ0) is 35.1. The fraction of sp³-hybridized carbons (Fsp3) is 0.250. The smallest absolute Gasteiger partial charge is 0.0453 e. The maximum absolute atomic E-state index is 6.61. The molecule has 4 aliphatic carbocycles. The van der Waals surface area contributed by atoms with Gasteiger partial charge in [-0.05, 0) is 131 Å². The van der Waals surface area contributed by atoms with E-state index in [2.05, 4.69) is 152 Å². The lowest BCUT2D eigenvalue weighted by atomic mass is 9.79. The van der Waals surface area contributed by atoms with Crippen LogP contribution < -0.4 is 0 Å². The van der Waals surface area contributed by atoms with Gasteiger partial charge in [-0.3, -0.25) is 0 Å². The minimum absolute atomic E-state index is 0.00591.